The van der Waals surface area contributed by atoms with E-state index in [-0.39, 0.29) is 11.5 Å². The Bertz CT molecular complexity index is 1140. The van der Waals surface area contributed by atoms with E-state index in [1.165, 1.54) is 12.1 Å². The average molecular weight is 470 g/mol. The lowest BCUT2D eigenvalue weighted by atomic mass is 10.1. The Labute approximate surface area is 169 Å². The first-order valence-electron chi connectivity index (χ1n) is 8.14. The minimum Gasteiger partial charge on any atom is -0.504 e. The summed E-state index contributed by atoms with van der Waals surface area (Å²) in [4.78, 5) is 4.64. The molecule has 0 atom stereocenters. The van der Waals surface area contributed by atoms with Gasteiger partial charge in [-0.15, -0.1) is 0 Å². The Hall–Kier alpha value is -3.07. The summed E-state index contributed by atoms with van der Waals surface area (Å²) in [5.74, 6) is -0.331. The molecule has 27 heavy (non-hydrogen) atoms. The van der Waals surface area contributed by atoms with Crippen molar-refractivity contribution in [3.05, 3.63) is 76.1 Å². The van der Waals surface area contributed by atoms with Crippen molar-refractivity contribution in [2.45, 2.75) is 0 Å². The molecule has 7 heteroatoms. The fourth-order valence-corrected chi connectivity index (χ4v) is 3.10. The molecule has 2 aromatic heterocycles. The van der Waals surface area contributed by atoms with Crippen molar-refractivity contribution >= 4 is 40.1 Å². The first-order valence-corrected chi connectivity index (χ1v) is 9.22. The highest BCUT2D eigenvalue weighted by Gasteiger charge is 2.05. The van der Waals surface area contributed by atoms with E-state index in [0.717, 1.165) is 26.2 Å². The summed E-state index contributed by atoms with van der Waals surface area (Å²) in [6.45, 7) is 0. The molecule has 0 saturated heterocycles. The van der Waals surface area contributed by atoms with Gasteiger partial charge in [-0.3, -0.25) is 5.43 Å². The summed E-state index contributed by atoms with van der Waals surface area (Å²) < 4.78 is 3.17. The Kier molecular flexibility index (Phi) is 4.68. The molecule has 0 amide bonds. The van der Waals surface area contributed by atoms with Crippen LogP contribution in [0.1, 0.15) is 5.56 Å². The molecular formula is C20H15IN4O2. The minimum absolute atomic E-state index is 0.155. The number of hydrazone groups is 1. The molecule has 0 unspecified atom stereocenters. The van der Waals surface area contributed by atoms with Crippen LogP contribution in [0.2, 0.25) is 0 Å². The van der Waals surface area contributed by atoms with E-state index in [0.29, 0.717) is 5.56 Å². The van der Waals surface area contributed by atoms with Crippen LogP contribution < -0.4 is 5.43 Å². The lowest BCUT2D eigenvalue weighted by Gasteiger charge is -2.02. The molecular weight excluding hydrogens is 455 g/mol. The lowest BCUT2D eigenvalue weighted by molar-refractivity contribution is 0.403. The molecule has 0 radical (unpaired) electrons. The fraction of sp³-hybridized carbons (Fsp3) is 0. The molecule has 0 bridgehead atoms. The predicted octanol–water partition coefficient (Wildman–Crippen LogP) is 4.46. The third-order valence-electron chi connectivity index (χ3n) is 4.00. The van der Waals surface area contributed by atoms with Crippen molar-refractivity contribution in [3.8, 4) is 22.8 Å². The molecule has 4 rings (SSSR count). The van der Waals surface area contributed by atoms with Gasteiger partial charge in [0.15, 0.2) is 11.5 Å². The van der Waals surface area contributed by atoms with Gasteiger partial charge in [-0.05, 0) is 70.6 Å². The Balaban J connectivity index is 1.48. The van der Waals surface area contributed by atoms with Crippen molar-refractivity contribution in [1.82, 2.24) is 9.38 Å². The number of pyridine rings is 1. The molecule has 0 fully saturated rings. The Morgan fingerprint density at radius 1 is 0.963 bits per heavy atom. The molecule has 0 aliphatic heterocycles. The van der Waals surface area contributed by atoms with Crippen molar-refractivity contribution in [2.75, 3.05) is 5.43 Å². The maximum absolute atomic E-state index is 9.48. The maximum atomic E-state index is 9.48. The molecule has 4 aromatic rings. The molecule has 0 saturated carbocycles. The molecule has 3 N–H and O–H groups in total. The summed E-state index contributed by atoms with van der Waals surface area (Å²) in [5, 5.41) is 22.9. The first-order chi connectivity index (χ1) is 13.1. The smallest absolute Gasteiger partial charge is 0.158 e. The molecule has 0 aliphatic rings. The number of fused-ring (bicyclic) bond motifs is 1. The number of anilines is 1. The standard InChI is InChI=1S/C20H15IN4O2/c21-15-4-8-20-23-17(12-25(20)11-15)14-2-5-16(6-3-14)24-22-10-13-1-7-18(26)19(27)9-13/h1-12,24,26-27H. The zero-order valence-corrected chi connectivity index (χ0v) is 16.2. The quantitative estimate of drug-likeness (QED) is 0.178. The highest BCUT2D eigenvalue weighted by Crippen LogP contribution is 2.24. The van der Waals surface area contributed by atoms with Gasteiger partial charge in [-0.2, -0.15) is 5.10 Å². The zero-order chi connectivity index (χ0) is 18.8. The number of aromatic hydroxyl groups is 2. The minimum atomic E-state index is -0.176. The summed E-state index contributed by atoms with van der Waals surface area (Å²) in [5.41, 5.74) is 7.28. The van der Waals surface area contributed by atoms with Crippen LogP contribution in [0.25, 0.3) is 16.9 Å². The monoisotopic (exact) mass is 470 g/mol. The van der Waals surface area contributed by atoms with Crippen LogP contribution in [0.5, 0.6) is 11.5 Å². The Morgan fingerprint density at radius 2 is 1.78 bits per heavy atom. The predicted molar refractivity (Wildman–Crippen MR) is 114 cm³/mol. The van der Waals surface area contributed by atoms with Gasteiger partial charge < -0.3 is 14.6 Å². The number of phenolic OH excluding ortho intramolecular Hbond substituents is 2. The van der Waals surface area contributed by atoms with Gasteiger partial charge in [0.1, 0.15) is 5.65 Å². The average Bonchev–Trinajstić information content (AvgIpc) is 3.08. The number of imidazole rings is 1. The van der Waals surface area contributed by atoms with Gasteiger partial charge in [0, 0.05) is 21.5 Å². The van der Waals surface area contributed by atoms with Crippen LogP contribution in [0, 0.1) is 3.57 Å². The summed E-state index contributed by atoms with van der Waals surface area (Å²) in [6, 6.07) is 16.4. The van der Waals surface area contributed by atoms with E-state index < -0.39 is 0 Å². The number of aromatic nitrogens is 2. The van der Waals surface area contributed by atoms with Crippen molar-refractivity contribution in [1.29, 1.82) is 0 Å². The molecule has 0 aliphatic carbocycles. The third-order valence-corrected chi connectivity index (χ3v) is 4.64. The number of hydrogen-bond donors (Lipinski definition) is 3. The normalized spacial score (nSPS) is 11.3. The highest BCUT2D eigenvalue weighted by molar-refractivity contribution is 14.1. The first kappa shape index (κ1) is 17.3. The van der Waals surface area contributed by atoms with Crippen molar-refractivity contribution in [3.63, 3.8) is 0 Å². The van der Waals surface area contributed by atoms with Crippen LogP contribution in [0.4, 0.5) is 5.69 Å². The van der Waals surface area contributed by atoms with Gasteiger partial charge in [0.2, 0.25) is 0 Å². The van der Waals surface area contributed by atoms with Gasteiger partial charge in [0.05, 0.1) is 17.6 Å². The van der Waals surface area contributed by atoms with E-state index in [4.69, 9.17) is 0 Å². The van der Waals surface area contributed by atoms with Crippen LogP contribution in [-0.2, 0) is 0 Å². The highest BCUT2D eigenvalue weighted by atomic mass is 127. The van der Waals surface area contributed by atoms with Crippen LogP contribution in [-0.4, -0.2) is 25.8 Å². The Morgan fingerprint density at radius 3 is 2.56 bits per heavy atom. The summed E-state index contributed by atoms with van der Waals surface area (Å²) in [7, 11) is 0. The van der Waals surface area contributed by atoms with E-state index >= 15 is 0 Å². The molecule has 134 valence electrons. The number of nitrogens with one attached hydrogen (secondary N) is 1. The maximum Gasteiger partial charge on any atom is 0.158 e. The number of halogens is 1. The second-order valence-corrected chi connectivity index (χ2v) is 7.18. The molecule has 6 nitrogen and oxygen atoms in total. The third kappa shape index (κ3) is 3.87. The van der Waals surface area contributed by atoms with Gasteiger partial charge in [0.25, 0.3) is 0 Å². The van der Waals surface area contributed by atoms with Crippen LogP contribution >= 0.6 is 22.6 Å². The second-order valence-electron chi connectivity index (χ2n) is 5.93. The molecule has 2 aromatic carbocycles. The van der Waals surface area contributed by atoms with E-state index in [1.54, 1.807) is 12.3 Å². The summed E-state index contributed by atoms with van der Waals surface area (Å²) >= 11 is 2.28. The number of nitrogens with zero attached hydrogens (tertiary/aromatic N) is 3. The number of rotatable bonds is 4. The lowest BCUT2D eigenvalue weighted by Crippen LogP contribution is -1.90. The molecule has 0 spiro atoms. The van der Waals surface area contributed by atoms with Gasteiger partial charge in [-0.1, -0.05) is 12.1 Å². The van der Waals surface area contributed by atoms with E-state index in [2.05, 4.69) is 38.1 Å². The van der Waals surface area contributed by atoms with Crippen molar-refractivity contribution in [2.24, 2.45) is 5.10 Å². The van der Waals surface area contributed by atoms with E-state index in [1.807, 2.05) is 53.2 Å². The largest absolute Gasteiger partial charge is 0.504 e. The summed E-state index contributed by atoms with van der Waals surface area (Å²) in [6.07, 6.45) is 5.62. The van der Waals surface area contributed by atoms with Crippen LogP contribution in [0.15, 0.2) is 72.1 Å². The number of benzene rings is 2. The fourth-order valence-electron chi connectivity index (χ4n) is 2.62. The topological polar surface area (TPSA) is 82.2 Å². The zero-order valence-electron chi connectivity index (χ0n) is 14.0. The van der Waals surface area contributed by atoms with E-state index in [9.17, 15) is 10.2 Å². The number of phenols is 2. The van der Waals surface area contributed by atoms with Crippen LogP contribution in [0.3, 0.4) is 0 Å². The SMILES string of the molecule is Oc1ccc(C=NNc2ccc(-c3cn4cc(I)ccc4n3)cc2)cc1O. The van der Waals surface area contributed by atoms with Crippen molar-refractivity contribution < 1.29 is 10.2 Å². The second kappa shape index (κ2) is 7.28. The van der Waals surface area contributed by atoms with Gasteiger partial charge in [-0.25, -0.2) is 4.98 Å². The number of hydrogen-bond acceptors (Lipinski definition) is 5. The van der Waals surface area contributed by atoms with Gasteiger partial charge >= 0.3 is 0 Å². The molecule has 2 heterocycles.